The Morgan fingerprint density at radius 1 is 0.896 bits per heavy atom. The van der Waals surface area contributed by atoms with E-state index in [1.54, 1.807) is 31.2 Å². The molecule has 1 unspecified atom stereocenters. The van der Waals surface area contributed by atoms with Crippen LogP contribution in [0.2, 0.25) is 5.02 Å². The van der Waals surface area contributed by atoms with E-state index in [-0.39, 0.29) is 35.5 Å². The van der Waals surface area contributed by atoms with Gasteiger partial charge in [-0.25, -0.2) is 8.42 Å². The molecule has 4 aromatic carbocycles. The van der Waals surface area contributed by atoms with Gasteiger partial charge in [0.2, 0.25) is 11.8 Å². The van der Waals surface area contributed by atoms with Gasteiger partial charge in [0.05, 0.1) is 17.2 Å². The fourth-order valence-corrected chi connectivity index (χ4v) is 7.63. The molecule has 0 aliphatic heterocycles. The highest BCUT2D eigenvalue weighted by atomic mass is 35.5. The highest BCUT2D eigenvalue weighted by Crippen LogP contribution is 2.33. The fourth-order valence-electron chi connectivity index (χ4n) is 6.08. The van der Waals surface area contributed by atoms with E-state index in [1.807, 2.05) is 61.5 Å². The average Bonchev–Trinajstić information content (AvgIpc) is 3.60. The SMILES string of the molecule is CCOc1ccccc1N(CC(=O)N(Cc1ccccc1C)C(Cc1ccccc1)C(=O)NC1CCCC1)S(=O)(=O)c1ccc(Cl)cc1. The summed E-state index contributed by atoms with van der Waals surface area (Å²) in [6.45, 7) is 3.60. The molecule has 0 spiro atoms. The van der Waals surface area contributed by atoms with Crippen molar-refractivity contribution < 1.29 is 22.7 Å². The topological polar surface area (TPSA) is 96.0 Å². The smallest absolute Gasteiger partial charge is 0.264 e. The molecule has 4 aromatic rings. The standard InChI is InChI=1S/C38H42ClN3O5S/c1-3-47-36-20-12-11-19-34(36)42(48(45,46)33-23-21-31(39)22-24-33)27-37(43)41(26-30-16-8-7-13-28(30)2)35(25-29-14-5-4-6-15-29)38(44)40-32-17-9-10-18-32/h4-8,11-16,19-24,32,35H,3,9-10,17-18,25-27H2,1-2H3,(H,40,44). The number of rotatable bonds is 14. The molecule has 1 atom stereocenters. The van der Waals surface area contributed by atoms with Gasteiger partial charge in [-0.1, -0.05) is 91.2 Å². The lowest BCUT2D eigenvalue weighted by Crippen LogP contribution is -2.54. The molecule has 5 rings (SSSR count). The van der Waals surface area contributed by atoms with E-state index in [9.17, 15) is 18.0 Å². The first kappa shape index (κ1) is 35.0. The van der Waals surface area contributed by atoms with Gasteiger partial charge in [0.15, 0.2) is 0 Å². The van der Waals surface area contributed by atoms with Crippen molar-refractivity contribution in [2.24, 2.45) is 0 Å². The minimum atomic E-state index is -4.30. The molecule has 1 aliphatic rings. The summed E-state index contributed by atoms with van der Waals surface area (Å²) in [6.07, 6.45) is 4.11. The molecule has 252 valence electrons. The number of halogens is 1. The number of sulfonamides is 1. The van der Waals surface area contributed by atoms with Crippen LogP contribution in [0.15, 0.2) is 108 Å². The molecule has 8 nitrogen and oxygen atoms in total. The van der Waals surface area contributed by atoms with E-state index in [0.29, 0.717) is 17.4 Å². The highest BCUT2D eigenvalue weighted by molar-refractivity contribution is 7.92. The number of para-hydroxylation sites is 2. The number of anilines is 1. The second-order valence-corrected chi connectivity index (χ2v) is 14.3. The molecule has 48 heavy (non-hydrogen) atoms. The van der Waals surface area contributed by atoms with Gasteiger partial charge in [0.1, 0.15) is 18.3 Å². The minimum Gasteiger partial charge on any atom is -0.492 e. The molecule has 1 N–H and O–H groups in total. The van der Waals surface area contributed by atoms with Crippen molar-refractivity contribution >= 4 is 39.1 Å². The van der Waals surface area contributed by atoms with Crippen LogP contribution in [0.4, 0.5) is 5.69 Å². The van der Waals surface area contributed by atoms with Crippen LogP contribution < -0.4 is 14.4 Å². The molecule has 1 saturated carbocycles. The summed E-state index contributed by atoms with van der Waals surface area (Å²) in [5, 5.41) is 3.59. The Kier molecular flexibility index (Phi) is 11.8. The molecule has 2 amide bonds. The molecule has 0 aromatic heterocycles. The van der Waals surface area contributed by atoms with Crippen LogP contribution >= 0.6 is 11.6 Å². The van der Waals surface area contributed by atoms with Gasteiger partial charge in [-0.05, 0) is 79.8 Å². The molecule has 0 radical (unpaired) electrons. The zero-order chi connectivity index (χ0) is 34.1. The van der Waals surface area contributed by atoms with Gasteiger partial charge in [0, 0.05) is 24.0 Å². The number of benzene rings is 4. The highest BCUT2D eigenvalue weighted by Gasteiger charge is 2.36. The maximum atomic E-state index is 14.8. The third kappa shape index (κ3) is 8.57. The van der Waals surface area contributed by atoms with Gasteiger partial charge in [0.25, 0.3) is 10.0 Å². The molecule has 0 heterocycles. The van der Waals surface area contributed by atoms with E-state index in [0.717, 1.165) is 46.7 Å². The lowest BCUT2D eigenvalue weighted by molar-refractivity contribution is -0.140. The van der Waals surface area contributed by atoms with Crippen molar-refractivity contribution in [3.05, 3.63) is 125 Å². The Morgan fingerprint density at radius 3 is 2.23 bits per heavy atom. The van der Waals surface area contributed by atoms with Crippen molar-refractivity contribution in [1.29, 1.82) is 0 Å². The van der Waals surface area contributed by atoms with E-state index in [4.69, 9.17) is 16.3 Å². The Balaban J connectivity index is 1.60. The molecule has 1 aliphatic carbocycles. The van der Waals surface area contributed by atoms with Gasteiger partial charge in [-0.15, -0.1) is 0 Å². The number of nitrogens with one attached hydrogen (secondary N) is 1. The number of nitrogens with zero attached hydrogens (tertiary/aromatic N) is 2. The summed E-state index contributed by atoms with van der Waals surface area (Å²) >= 11 is 6.11. The Labute approximate surface area is 288 Å². The lowest BCUT2D eigenvalue weighted by Gasteiger charge is -2.35. The van der Waals surface area contributed by atoms with Crippen LogP contribution in [-0.2, 0) is 32.6 Å². The summed E-state index contributed by atoms with van der Waals surface area (Å²) < 4.78 is 35.7. The molecule has 10 heteroatoms. The van der Waals surface area contributed by atoms with Gasteiger partial charge in [-0.3, -0.25) is 13.9 Å². The average molecular weight is 688 g/mol. The van der Waals surface area contributed by atoms with Gasteiger partial charge < -0.3 is 15.0 Å². The molecule has 0 saturated heterocycles. The van der Waals surface area contributed by atoms with Crippen LogP contribution in [0, 0.1) is 6.92 Å². The fraction of sp³-hybridized carbons (Fsp3) is 0.316. The van der Waals surface area contributed by atoms with Crippen molar-refractivity contribution in [1.82, 2.24) is 10.2 Å². The molecular formula is C38H42ClN3O5S. The van der Waals surface area contributed by atoms with Crippen LogP contribution in [-0.4, -0.2) is 50.4 Å². The van der Waals surface area contributed by atoms with Crippen molar-refractivity contribution in [2.45, 2.75) is 69.5 Å². The van der Waals surface area contributed by atoms with Crippen molar-refractivity contribution in [3.8, 4) is 5.75 Å². The lowest BCUT2D eigenvalue weighted by atomic mass is 10.0. The van der Waals surface area contributed by atoms with E-state index in [1.165, 1.54) is 29.2 Å². The number of aryl methyl sites for hydroxylation is 1. The zero-order valence-electron chi connectivity index (χ0n) is 27.3. The monoisotopic (exact) mass is 687 g/mol. The minimum absolute atomic E-state index is 0.0312. The summed E-state index contributed by atoms with van der Waals surface area (Å²) in [7, 11) is -4.30. The summed E-state index contributed by atoms with van der Waals surface area (Å²) in [5.74, 6) is -0.463. The van der Waals surface area contributed by atoms with Crippen LogP contribution in [0.1, 0.15) is 49.3 Å². The van der Waals surface area contributed by atoms with Crippen molar-refractivity contribution in [3.63, 3.8) is 0 Å². The number of amides is 2. The van der Waals surface area contributed by atoms with Gasteiger partial charge in [-0.2, -0.15) is 0 Å². The third-order valence-corrected chi connectivity index (χ3v) is 10.7. The van der Waals surface area contributed by atoms with Crippen LogP contribution in [0.5, 0.6) is 5.75 Å². The van der Waals surface area contributed by atoms with Crippen LogP contribution in [0.25, 0.3) is 0 Å². The number of ether oxygens (including phenoxy) is 1. The predicted octanol–water partition coefficient (Wildman–Crippen LogP) is 6.94. The summed E-state index contributed by atoms with van der Waals surface area (Å²) in [5.41, 5.74) is 2.92. The number of carbonyl (C=O) groups is 2. The van der Waals surface area contributed by atoms with Gasteiger partial charge >= 0.3 is 0 Å². The quantitative estimate of drug-likeness (QED) is 0.155. The predicted molar refractivity (Wildman–Crippen MR) is 190 cm³/mol. The number of hydrogen-bond acceptors (Lipinski definition) is 5. The van der Waals surface area contributed by atoms with Crippen molar-refractivity contribution in [2.75, 3.05) is 17.5 Å². The first-order chi connectivity index (χ1) is 23.2. The number of carbonyl (C=O) groups excluding carboxylic acids is 2. The first-order valence-electron chi connectivity index (χ1n) is 16.4. The Morgan fingerprint density at radius 2 is 1.54 bits per heavy atom. The Bertz CT molecular complexity index is 1790. The molecule has 1 fully saturated rings. The summed E-state index contributed by atoms with van der Waals surface area (Å²) in [6, 6.07) is 29.0. The Hall–Kier alpha value is -4.34. The van der Waals surface area contributed by atoms with E-state index < -0.39 is 28.5 Å². The largest absolute Gasteiger partial charge is 0.492 e. The van der Waals surface area contributed by atoms with Crippen LogP contribution in [0.3, 0.4) is 0 Å². The second-order valence-electron chi connectivity index (χ2n) is 12.0. The maximum Gasteiger partial charge on any atom is 0.264 e. The van der Waals surface area contributed by atoms with E-state index in [2.05, 4.69) is 5.32 Å². The zero-order valence-corrected chi connectivity index (χ0v) is 28.9. The first-order valence-corrected chi connectivity index (χ1v) is 18.2. The normalized spacial score (nSPS) is 13.9. The molecule has 0 bridgehead atoms. The second kappa shape index (κ2) is 16.2. The summed E-state index contributed by atoms with van der Waals surface area (Å²) in [4.78, 5) is 30.5. The third-order valence-electron chi connectivity index (χ3n) is 8.69. The maximum absolute atomic E-state index is 14.8. The van der Waals surface area contributed by atoms with E-state index >= 15 is 0 Å². The number of hydrogen-bond donors (Lipinski definition) is 1. The molecular weight excluding hydrogens is 646 g/mol.